The Kier molecular flexibility index (Phi) is 10.2. The molecule has 220 valence electrons. The van der Waals surface area contributed by atoms with Crippen molar-refractivity contribution in [1.82, 2.24) is 4.90 Å². The van der Waals surface area contributed by atoms with Gasteiger partial charge in [-0.3, -0.25) is 4.90 Å². The molecule has 0 N–H and O–H groups in total. The summed E-state index contributed by atoms with van der Waals surface area (Å²) in [5.74, 6) is 0. The molecule has 0 bridgehead atoms. The Morgan fingerprint density at radius 3 is 1.83 bits per heavy atom. The zero-order chi connectivity index (χ0) is 29.4. The van der Waals surface area contributed by atoms with E-state index in [9.17, 15) is 8.42 Å². The minimum Gasteiger partial charge on any atom is -0.374 e. The summed E-state index contributed by atoms with van der Waals surface area (Å²) in [5.41, 5.74) is 4.10. The van der Waals surface area contributed by atoms with E-state index in [0.29, 0.717) is 37.9 Å². The number of rotatable bonds is 13. The summed E-state index contributed by atoms with van der Waals surface area (Å²) >= 11 is 0. The van der Waals surface area contributed by atoms with E-state index in [-0.39, 0.29) is 6.04 Å². The molecule has 1 saturated heterocycles. The molecule has 42 heavy (non-hydrogen) atoms. The number of ether oxygens (including phenoxy) is 3. The van der Waals surface area contributed by atoms with Crippen molar-refractivity contribution >= 4 is 9.84 Å². The second-order valence-electron chi connectivity index (χ2n) is 10.9. The Morgan fingerprint density at radius 2 is 1.26 bits per heavy atom. The molecule has 0 aliphatic carbocycles. The molecule has 4 atom stereocenters. The molecule has 0 spiro atoms. The number of benzene rings is 4. The van der Waals surface area contributed by atoms with Gasteiger partial charge in [0.2, 0.25) is 0 Å². The minimum absolute atomic E-state index is 0.291. The molecular formula is C35H39NO5S. The summed E-state index contributed by atoms with van der Waals surface area (Å²) in [6.07, 6.45) is -1.07. The van der Waals surface area contributed by atoms with E-state index in [0.717, 1.165) is 22.3 Å². The monoisotopic (exact) mass is 585 g/mol. The van der Waals surface area contributed by atoms with Crippen LogP contribution in [-0.4, -0.2) is 57.0 Å². The normalized spacial score (nSPS) is 20.0. The molecule has 1 aliphatic rings. The van der Waals surface area contributed by atoms with Gasteiger partial charge in [0, 0.05) is 6.54 Å². The Morgan fingerprint density at radius 1 is 0.738 bits per heavy atom. The molecule has 1 unspecified atom stereocenters. The molecule has 1 aliphatic heterocycles. The second kappa shape index (κ2) is 14.2. The predicted octanol–water partition coefficient (Wildman–Crippen LogP) is 5.84. The van der Waals surface area contributed by atoms with Gasteiger partial charge in [-0.15, -0.1) is 0 Å². The summed E-state index contributed by atoms with van der Waals surface area (Å²) in [6.45, 7) is 3.68. The molecule has 0 aromatic heterocycles. The highest BCUT2D eigenvalue weighted by Gasteiger charge is 2.51. The largest absolute Gasteiger partial charge is 0.374 e. The zero-order valence-electron chi connectivity index (χ0n) is 24.2. The van der Waals surface area contributed by atoms with Gasteiger partial charge in [-0.2, -0.15) is 0 Å². The SMILES string of the molecule is Cc1ccc(S(=O)(=O)[C@@H]2CN(C)[C@@H](C(COCc3ccccc3)OCc3ccccc3)[C@H]2OCc2ccccc2)cc1. The van der Waals surface area contributed by atoms with E-state index >= 15 is 0 Å². The lowest BCUT2D eigenvalue weighted by atomic mass is 10.1. The maximum Gasteiger partial charge on any atom is 0.185 e. The maximum absolute atomic E-state index is 14.1. The molecule has 1 heterocycles. The standard InChI is InChI=1S/C35H39NO5S/c1-27-18-20-31(21-19-27)42(37,38)33-22-36(2)34(35(33)41-25-30-16-10-5-11-17-30)32(40-24-29-14-8-4-9-15-29)26-39-23-28-12-6-3-7-13-28/h3-21,32-35H,22-26H2,1-2H3/t32?,33-,34+,35+/m1/s1. The molecule has 4 aromatic carbocycles. The topological polar surface area (TPSA) is 65.1 Å². The van der Waals surface area contributed by atoms with Crippen LogP contribution in [0.4, 0.5) is 0 Å². The fourth-order valence-corrected chi connectivity index (χ4v) is 7.40. The number of hydrogen-bond acceptors (Lipinski definition) is 6. The number of sulfone groups is 1. The molecule has 4 aromatic rings. The van der Waals surface area contributed by atoms with Crippen molar-refractivity contribution in [2.45, 2.75) is 55.1 Å². The summed E-state index contributed by atoms with van der Waals surface area (Å²) in [6, 6.07) is 36.6. The highest BCUT2D eigenvalue weighted by Crippen LogP contribution is 2.33. The average molecular weight is 586 g/mol. The molecule has 1 fully saturated rings. The third-order valence-corrected chi connectivity index (χ3v) is 9.94. The van der Waals surface area contributed by atoms with Crippen LogP contribution >= 0.6 is 0 Å². The van der Waals surface area contributed by atoms with Gasteiger partial charge in [-0.1, -0.05) is 109 Å². The zero-order valence-corrected chi connectivity index (χ0v) is 25.0. The van der Waals surface area contributed by atoms with Gasteiger partial charge in [0.25, 0.3) is 0 Å². The van der Waals surface area contributed by atoms with E-state index < -0.39 is 27.3 Å². The van der Waals surface area contributed by atoms with Crippen LogP contribution in [0.1, 0.15) is 22.3 Å². The van der Waals surface area contributed by atoms with Crippen LogP contribution in [0.2, 0.25) is 0 Å². The minimum atomic E-state index is -3.70. The van der Waals surface area contributed by atoms with E-state index in [1.807, 2.05) is 117 Å². The first kappa shape index (κ1) is 30.1. The third kappa shape index (κ3) is 7.54. The van der Waals surface area contributed by atoms with E-state index in [1.54, 1.807) is 12.1 Å². The lowest BCUT2D eigenvalue weighted by Gasteiger charge is -2.33. The van der Waals surface area contributed by atoms with Gasteiger partial charge < -0.3 is 14.2 Å². The van der Waals surface area contributed by atoms with Crippen LogP contribution in [0.5, 0.6) is 0 Å². The van der Waals surface area contributed by atoms with Crippen LogP contribution < -0.4 is 0 Å². The smallest absolute Gasteiger partial charge is 0.185 e. The number of likely N-dealkylation sites (N-methyl/N-ethyl adjacent to an activating group) is 1. The first-order chi connectivity index (χ1) is 20.4. The van der Waals surface area contributed by atoms with Gasteiger partial charge in [0.15, 0.2) is 9.84 Å². The van der Waals surface area contributed by atoms with Crippen LogP contribution in [0, 0.1) is 6.92 Å². The van der Waals surface area contributed by atoms with Crippen molar-refractivity contribution in [3.05, 3.63) is 138 Å². The first-order valence-electron chi connectivity index (χ1n) is 14.4. The molecular weight excluding hydrogens is 546 g/mol. The van der Waals surface area contributed by atoms with Crippen molar-refractivity contribution in [1.29, 1.82) is 0 Å². The number of hydrogen-bond donors (Lipinski definition) is 0. The number of nitrogens with zero attached hydrogens (tertiary/aromatic N) is 1. The van der Waals surface area contributed by atoms with E-state index in [1.165, 1.54) is 0 Å². The Bertz CT molecular complexity index is 1480. The lowest BCUT2D eigenvalue weighted by molar-refractivity contribution is -0.0947. The fraction of sp³-hybridized carbons (Fsp3) is 0.314. The average Bonchev–Trinajstić information content (AvgIpc) is 3.36. The van der Waals surface area contributed by atoms with E-state index in [2.05, 4.69) is 4.90 Å². The summed E-state index contributed by atoms with van der Waals surface area (Å²) < 4.78 is 47.5. The van der Waals surface area contributed by atoms with Gasteiger partial charge in [-0.25, -0.2) is 8.42 Å². The quantitative estimate of drug-likeness (QED) is 0.197. The summed E-state index contributed by atoms with van der Waals surface area (Å²) in [4.78, 5) is 2.37. The molecule has 0 amide bonds. The van der Waals surface area contributed by atoms with Crippen LogP contribution in [0.25, 0.3) is 0 Å². The highest BCUT2D eigenvalue weighted by molar-refractivity contribution is 7.92. The van der Waals surface area contributed by atoms with Crippen molar-refractivity contribution in [2.24, 2.45) is 0 Å². The Balaban J connectivity index is 1.43. The molecule has 5 rings (SSSR count). The lowest BCUT2D eigenvalue weighted by Crippen LogP contribution is -2.49. The molecule has 7 heteroatoms. The van der Waals surface area contributed by atoms with Gasteiger partial charge in [0.05, 0.1) is 49.6 Å². The van der Waals surface area contributed by atoms with Gasteiger partial charge >= 0.3 is 0 Å². The third-order valence-electron chi connectivity index (χ3n) is 7.79. The van der Waals surface area contributed by atoms with Crippen LogP contribution in [0.3, 0.4) is 0 Å². The highest BCUT2D eigenvalue weighted by atomic mass is 32.2. The van der Waals surface area contributed by atoms with Gasteiger partial charge in [0.1, 0.15) is 5.25 Å². The number of likely N-dealkylation sites (tertiary alicyclic amines) is 1. The molecule has 6 nitrogen and oxygen atoms in total. The fourth-order valence-electron chi connectivity index (χ4n) is 5.52. The predicted molar refractivity (Wildman–Crippen MR) is 165 cm³/mol. The van der Waals surface area contributed by atoms with Crippen LogP contribution in [-0.2, 0) is 43.9 Å². The Hall–Kier alpha value is -3.33. The van der Waals surface area contributed by atoms with E-state index in [4.69, 9.17) is 14.2 Å². The number of aryl methyl sites for hydroxylation is 1. The first-order valence-corrected chi connectivity index (χ1v) is 15.9. The van der Waals surface area contributed by atoms with Gasteiger partial charge in [-0.05, 0) is 42.8 Å². The molecule has 0 radical (unpaired) electrons. The molecule has 0 saturated carbocycles. The maximum atomic E-state index is 14.1. The van der Waals surface area contributed by atoms with Crippen molar-refractivity contribution in [2.75, 3.05) is 20.2 Å². The Labute approximate surface area is 249 Å². The summed E-state index contributed by atoms with van der Waals surface area (Å²) in [7, 11) is -1.75. The van der Waals surface area contributed by atoms with Crippen molar-refractivity contribution in [3.63, 3.8) is 0 Å². The van der Waals surface area contributed by atoms with Crippen molar-refractivity contribution in [3.8, 4) is 0 Å². The van der Waals surface area contributed by atoms with Crippen LogP contribution in [0.15, 0.2) is 120 Å². The second-order valence-corrected chi connectivity index (χ2v) is 13.1. The van der Waals surface area contributed by atoms with Crippen molar-refractivity contribution < 1.29 is 22.6 Å². The summed E-state index contributed by atoms with van der Waals surface area (Å²) in [5, 5.41) is -0.768.